The Morgan fingerprint density at radius 3 is 2.14 bits per heavy atom. The highest BCUT2D eigenvalue weighted by Crippen LogP contribution is 2.35. The van der Waals surface area contributed by atoms with Crippen molar-refractivity contribution >= 4 is 17.5 Å². The van der Waals surface area contributed by atoms with Crippen LogP contribution in [0.2, 0.25) is 0 Å². The molecule has 0 aromatic heterocycles. The number of nitrogens with zero attached hydrogens (tertiary/aromatic N) is 1. The van der Waals surface area contributed by atoms with Gasteiger partial charge in [-0.25, -0.2) is 0 Å². The second-order valence-electron chi connectivity index (χ2n) is 5.41. The van der Waals surface area contributed by atoms with E-state index in [1.165, 1.54) is 4.90 Å². The molecule has 106 valence electrons. The predicted octanol–water partition coefficient (Wildman–Crippen LogP) is 3.37. The third-order valence-electron chi connectivity index (χ3n) is 4.12. The number of hydrogen-bond donors (Lipinski definition) is 0. The Morgan fingerprint density at radius 1 is 0.952 bits per heavy atom. The highest BCUT2D eigenvalue weighted by molar-refractivity contribution is 6.21. The van der Waals surface area contributed by atoms with E-state index in [2.05, 4.69) is 0 Å². The van der Waals surface area contributed by atoms with Gasteiger partial charge < -0.3 is 0 Å². The Hall–Kier alpha value is -2.42. The highest BCUT2D eigenvalue weighted by atomic mass is 16.2. The lowest BCUT2D eigenvalue weighted by molar-refractivity contribution is -0.122. The number of carbonyl (C=O) groups excluding carboxylic acids is 2. The average Bonchev–Trinajstić information content (AvgIpc) is 2.83. The van der Waals surface area contributed by atoms with Crippen LogP contribution in [0.15, 0.2) is 60.7 Å². The molecule has 2 amide bonds. The van der Waals surface area contributed by atoms with E-state index in [1.807, 2.05) is 55.5 Å². The van der Waals surface area contributed by atoms with Crippen molar-refractivity contribution in [1.82, 2.24) is 0 Å². The number of amides is 2. The summed E-state index contributed by atoms with van der Waals surface area (Å²) in [5.74, 6) is -0.446. The summed E-state index contributed by atoms with van der Waals surface area (Å²) in [5.41, 5.74) is 1.76. The van der Waals surface area contributed by atoms with Crippen molar-refractivity contribution in [2.24, 2.45) is 5.92 Å². The fraction of sp³-hybridized carbons (Fsp3) is 0.222. The summed E-state index contributed by atoms with van der Waals surface area (Å²) in [6.45, 7) is 2.01. The first-order chi connectivity index (χ1) is 10.2. The minimum Gasteiger partial charge on any atom is -0.274 e. The maximum Gasteiger partial charge on any atom is 0.237 e. The van der Waals surface area contributed by atoms with E-state index in [9.17, 15) is 9.59 Å². The molecule has 0 radical (unpaired) electrons. The van der Waals surface area contributed by atoms with Gasteiger partial charge in [0.2, 0.25) is 11.8 Å². The Kier molecular flexibility index (Phi) is 3.57. The maximum absolute atomic E-state index is 12.6. The number of imide groups is 1. The van der Waals surface area contributed by atoms with Crippen molar-refractivity contribution in [2.45, 2.75) is 19.3 Å². The number of benzene rings is 2. The molecule has 0 bridgehead atoms. The molecule has 0 N–H and O–H groups in total. The third-order valence-corrected chi connectivity index (χ3v) is 4.12. The first-order valence-corrected chi connectivity index (χ1v) is 7.15. The molecule has 3 nitrogen and oxygen atoms in total. The Bertz CT molecular complexity index is 651. The van der Waals surface area contributed by atoms with Crippen LogP contribution in [0.5, 0.6) is 0 Å². The zero-order valence-corrected chi connectivity index (χ0v) is 11.9. The molecule has 1 fully saturated rings. The minimum atomic E-state index is -0.278. The van der Waals surface area contributed by atoms with Crippen LogP contribution >= 0.6 is 0 Å². The standard InChI is InChI=1S/C18H17NO2/c1-13(14-8-4-2-5-9-14)16-12-17(20)19(18(16)21)15-10-6-3-7-11-15/h2-11,13,16H,12H2,1H3/t13-,16+/m0/s1. The van der Waals surface area contributed by atoms with Crippen molar-refractivity contribution < 1.29 is 9.59 Å². The molecule has 1 saturated heterocycles. The molecule has 2 aromatic carbocycles. The summed E-state index contributed by atoms with van der Waals surface area (Å²) >= 11 is 0. The van der Waals surface area contributed by atoms with Crippen molar-refractivity contribution in [2.75, 3.05) is 4.90 Å². The summed E-state index contributed by atoms with van der Waals surface area (Å²) in [5, 5.41) is 0. The average molecular weight is 279 g/mol. The zero-order valence-electron chi connectivity index (χ0n) is 11.9. The molecule has 3 rings (SSSR count). The number of para-hydroxylation sites is 1. The molecule has 0 saturated carbocycles. The lowest BCUT2D eigenvalue weighted by Crippen LogP contribution is -2.31. The van der Waals surface area contributed by atoms with Crippen LogP contribution < -0.4 is 4.90 Å². The van der Waals surface area contributed by atoms with Gasteiger partial charge in [0.15, 0.2) is 0 Å². The zero-order chi connectivity index (χ0) is 14.8. The van der Waals surface area contributed by atoms with Gasteiger partial charge in [-0.05, 0) is 23.6 Å². The highest BCUT2D eigenvalue weighted by Gasteiger charge is 2.42. The summed E-state index contributed by atoms with van der Waals surface area (Å²) in [6, 6.07) is 19.0. The van der Waals surface area contributed by atoms with Crippen molar-refractivity contribution in [1.29, 1.82) is 0 Å². The molecule has 2 aromatic rings. The number of hydrogen-bond acceptors (Lipinski definition) is 2. The maximum atomic E-state index is 12.6. The lowest BCUT2D eigenvalue weighted by atomic mass is 9.86. The van der Waals surface area contributed by atoms with Crippen LogP contribution in [-0.4, -0.2) is 11.8 Å². The molecule has 2 atom stereocenters. The smallest absolute Gasteiger partial charge is 0.237 e. The van der Waals surface area contributed by atoms with Gasteiger partial charge in [0.25, 0.3) is 0 Å². The number of rotatable bonds is 3. The first-order valence-electron chi connectivity index (χ1n) is 7.15. The molecule has 0 spiro atoms. The van der Waals surface area contributed by atoms with Gasteiger partial charge in [0.1, 0.15) is 0 Å². The van der Waals surface area contributed by atoms with Gasteiger partial charge in [0.05, 0.1) is 11.6 Å². The van der Waals surface area contributed by atoms with E-state index in [0.29, 0.717) is 5.69 Å². The van der Waals surface area contributed by atoms with Gasteiger partial charge in [-0.1, -0.05) is 55.5 Å². The molecule has 21 heavy (non-hydrogen) atoms. The first kappa shape index (κ1) is 13.6. The molecule has 0 unspecified atom stereocenters. The normalized spacial score (nSPS) is 19.9. The summed E-state index contributed by atoms with van der Waals surface area (Å²) < 4.78 is 0. The van der Waals surface area contributed by atoms with Crippen molar-refractivity contribution in [3.8, 4) is 0 Å². The van der Waals surface area contributed by atoms with Crippen LogP contribution in [-0.2, 0) is 9.59 Å². The van der Waals surface area contributed by atoms with E-state index in [4.69, 9.17) is 0 Å². The van der Waals surface area contributed by atoms with E-state index < -0.39 is 0 Å². The minimum absolute atomic E-state index is 0.0383. The lowest BCUT2D eigenvalue weighted by Gasteiger charge is -2.19. The molecule has 1 heterocycles. The van der Waals surface area contributed by atoms with E-state index >= 15 is 0 Å². The molecule has 1 aliphatic rings. The van der Waals surface area contributed by atoms with Gasteiger partial charge in [0, 0.05) is 6.42 Å². The fourth-order valence-corrected chi connectivity index (χ4v) is 2.88. The van der Waals surface area contributed by atoms with Crippen LogP contribution in [0, 0.1) is 5.92 Å². The number of carbonyl (C=O) groups is 2. The molecule has 0 aliphatic carbocycles. The fourth-order valence-electron chi connectivity index (χ4n) is 2.88. The second-order valence-corrected chi connectivity index (χ2v) is 5.41. The molecule has 3 heteroatoms. The second kappa shape index (κ2) is 5.52. The van der Waals surface area contributed by atoms with Crippen LogP contribution in [0.3, 0.4) is 0 Å². The number of anilines is 1. The van der Waals surface area contributed by atoms with Crippen molar-refractivity contribution in [3.05, 3.63) is 66.2 Å². The SMILES string of the molecule is C[C@@H](c1ccccc1)[C@H]1CC(=O)N(c2ccccc2)C1=O. The monoisotopic (exact) mass is 279 g/mol. The van der Waals surface area contributed by atoms with Gasteiger partial charge in [-0.3, -0.25) is 14.5 Å². The van der Waals surface area contributed by atoms with Crippen LogP contribution in [0.25, 0.3) is 0 Å². The Morgan fingerprint density at radius 2 is 1.52 bits per heavy atom. The van der Waals surface area contributed by atoms with Crippen molar-refractivity contribution in [3.63, 3.8) is 0 Å². The quantitative estimate of drug-likeness (QED) is 0.808. The van der Waals surface area contributed by atoms with E-state index in [1.54, 1.807) is 12.1 Å². The van der Waals surface area contributed by atoms with Crippen LogP contribution in [0.4, 0.5) is 5.69 Å². The Labute approximate surface area is 124 Å². The molecular weight excluding hydrogens is 262 g/mol. The molecule has 1 aliphatic heterocycles. The molecular formula is C18H17NO2. The summed E-state index contributed by atoms with van der Waals surface area (Å²) in [6.07, 6.45) is 0.282. The summed E-state index contributed by atoms with van der Waals surface area (Å²) in [4.78, 5) is 26.2. The third kappa shape index (κ3) is 2.47. The van der Waals surface area contributed by atoms with E-state index in [-0.39, 0.29) is 30.1 Å². The van der Waals surface area contributed by atoms with Gasteiger partial charge in [-0.2, -0.15) is 0 Å². The van der Waals surface area contributed by atoms with Crippen LogP contribution in [0.1, 0.15) is 24.8 Å². The van der Waals surface area contributed by atoms with Gasteiger partial charge in [-0.15, -0.1) is 0 Å². The largest absolute Gasteiger partial charge is 0.274 e. The topological polar surface area (TPSA) is 37.4 Å². The predicted molar refractivity (Wildman–Crippen MR) is 81.9 cm³/mol. The van der Waals surface area contributed by atoms with E-state index in [0.717, 1.165) is 5.56 Å². The Balaban J connectivity index is 1.87. The summed E-state index contributed by atoms with van der Waals surface area (Å²) in [7, 11) is 0. The van der Waals surface area contributed by atoms with Gasteiger partial charge >= 0.3 is 0 Å².